The van der Waals surface area contributed by atoms with Crippen molar-refractivity contribution in [2.24, 2.45) is 5.92 Å². The summed E-state index contributed by atoms with van der Waals surface area (Å²) in [5.74, 6) is -1.03. The van der Waals surface area contributed by atoms with Gasteiger partial charge in [0.05, 0.1) is 5.56 Å². The van der Waals surface area contributed by atoms with Crippen molar-refractivity contribution in [2.45, 2.75) is 32.5 Å². The van der Waals surface area contributed by atoms with E-state index in [0.29, 0.717) is 37.3 Å². The highest BCUT2D eigenvalue weighted by molar-refractivity contribution is 5.99. The first-order valence-electron chi connectivity index (χ1n) is 10.1. The second kappa shape index (κ2) is 8.64. The molecule has 1 aliphatic heterocycles. The Morgan fingerprint density at radius 3 is 2.61 bits per heavy atom. The second-order valence-electron chi connectivity index (χ2n) is 7.74. The number of aryl methyl sites for hydroxylation is 1. The summed E-state index contributed by atoms with van der Waals surface area (Å²) in [5, 5.41) is 24.0. The summed E-state index contributed by atoms with van der Waals surface area (Å²) in [5.41, 5.74) is -0.222. The van der Waals surface area contributed by atoms with Crippen LogP contribution in [-0.4, -0.2) is 55.3 Å². The number of hydrogen-bond acceptors (Lipinski definition) is 8. The molecule has 0 saturated carbocycles. The fourth-order valence-electron chi connectivity index (χ4n) is 3.70. The molecular weight excluding hydrogens is 445 g/mol. The molecule has 0 amide bonds. The highest BCUT2D eigenvalue weighted by Gasteiger charge is 2.33. The quantitative estimate of drug-likeness (QED) is 0.548. The lowest BCUT2D eigenvalue weighted by atomic mass is 9.86. The highest BCUT2D eigenvalue weighted by atomic mass is 19.4. The molecule has 2 aromatic heterocycles. The fraction of sp³-hybridized carbons (Fsp3) is 0.400. The molecule has 4 rings (SSSR count). The number of hydrogen-bond donors (Lipinski definition) is 1. The van der Waals surface area contributed by atoms with E-state index < -0.39 is 30.2 Å². The summed E-state index contributed by atoms with van der Waals surface area (Å²) in [6, 6.07) is 4.81. The van der Waals surface area contributed by atoms with Gasteiger partial charge < -0.3 is 14.5 Å². The number of carboxylic acid groups (broad SMARTS) is 1. The molecule has 174 valence electrons. The number of alkyl halides is 3. The molecule has 0 unspecified atom stereocenters. The molecule has 0 radical (unpaired) electrons. The molecule has 33 heavy (non-hydrogen) atoms. The van der Waals surface area contributed by atoms with Gasteiger partial charge in [0.1, 0.15) is 0 Å². The average Bonchev–Trinajstić information content (AvgIpc) is 3.42. The molecule has 3 heterocycles. The third-order valence-corrected chi connectivity index (χ3v) is 5.47. The number of ketones is 1. The van der Waals surface area contributed by atoms with E-state index in [1.165, 1.54) is 6.07 Å². The number of rotatable bonds is 6. The maximum Gasteiger partial charge on any atom is 0.416 e. The first kappa shape index (κ1) is 22.4. The van der Waals surface area contributed by atoms with Crippen molar-refractivity contribution in [3.63, 3.8) is 0 Å². The molecule has 13 heteroatoms. The van der Waals surface area contributed by atoms with E-state index in [1.807, 2.05) is 4.90 Å². The molecule has 10 nitrogen and oxygen atoms in total. The number of Topliss-reactive ketones (excluding diaryl/α,β-unsaturated/α-hetero) is 1. The molecule has 3 aromatic rings. The zero-order chi connectivity index (χ0) is 23.8. The molecule has 0 aliphatic carbocycles. The van der Waals surface area contributed by atoms with E-state index in [4.69, 9.17) is 9.63 Å². The van der Waals surface area contributed by atoms with Crippen LogP contribution in [0.2, 0.25) is 0 Å². The number of anilines is 1. The van der Waals surface area contributed by atoms with Crippen molar-refractivity contribution in [1.82, 2.24) is 25.4 Å². The van der Waals surface area contributed by atoms with Gasteiger partial charge in [-0.2, -0.15) is 18.0 Å². The van der Waals surface area contributed by atoms with Crippen LogP contribution in [0, 0.1) is 12.8 Å². The van der Waals surface area contributed by atoms with Gasteiger partial charge in [-0.25, -0.2) is 0 Å². The van der Waals surface area contributed by atoms with Gasteiger partial charge in [0.2, 0.25) is 11.6 Å². The summed E-state index contributed by atoms with van der Waals surface area (Å²) in [6.07, 6.45) is -3.61. The Kier molecular flexibility index (Phi) is 5.87. The fourth-order valence-corrected chi connectivity index (χ4v) is 3.70. The van der Waals surface area contributed by atoms with Gasteiger partial charge in [-0.1, -0.05) is 11.2 Å². The lowest BCUT2D eigenvalue weighted by Gasteiger charge is -2.31. The first-order valence-corrected chi connectivity index (χ1v) is 10.1. The van der Waals surface area contributed by atoms with Gasteiger partial charge >= 0.3 is 12.1 Å². The summed E-state index contributed by atoms with van der Waals surface area (Å²) in [4.78, 5) is 26.4. The topological polar surface area (TPSA) is 127 Å². The zero-order valence-electron chi connectivity index (χ0n) is 17.4. The van der Waals surface area contributed by atoms with Crippen LogP contribution < -0.4 is 4.90 Å². The number of piperidine rings is 1. The molecule has 1 N–H and O–H groups in total. The van der Waals surface area contributed by atoms with E-state index in [9.17, 15) is 22.8 Å². The maximum atomic E-state index is 13.1. The summed E-state index contributed by atoms with van der Waals surface area (Å²) < 4.78 is 44.4. The first-order chi connectivity index (χ1) is 15.6. The van der Waals surface area contributed by atoms with Gasteiger partial charge in [-0.05, 0) is 42.7 Å². The minimum absolute atomic E-state index is 0.0834. The number of aromatic nitrogens is 5. The SMILES string of the molecule is Cc1ccc(C(F)(F)F)cc1C(=O)C1CCN(c2cc(-c3nnn(CC(=O)O)n3)on2)CC1. The lowest BCUT2D eigenvalue weighted by Crippen LogP contribution is -2.36. The van der Waals surface area contributed by atoms with Gasteiger partial charge in [0.15, 0.2) is 18.1 Å². The smallest absolute Gasteiger partial charge is 0.416 e. The number of carbonyl (C=O) groups is 2. The number of halogens is 3. The number of nitrogens with zero attached hydrogens (tertiary/aromatic N) is 6. The Labute approximate surface area is 185 Å². The van der Waals surface area contributed by atoms with Crippen LogP contribution in [0.15, 0.2) is 28.8 Å². The lowest BCUT2D eigenvalue weighted by molar-refractivity contribution is -0.138. The van der Waals surface area contributed by atoms with Crippen molar-refractivity contribution < 1.29 is 32.4 Å². The second-order valence-corrected chi connectivity index (χ2v) is 7.74. The van der Waals surface area contributed by atoms with Gasteiger partial charge in [0, 0.05) is 30.6 Å². The summed E-state index contributed by atoms with van der Waals surface area (Å²) in [6.45, 7) is 2.10. The van der Waals surface area contributed by atoms with Crippen molar-refractivity contribution in [2.75, 3.05) is 18.0 Å². The standard InChI is InChI=1S/C20H19F3N6O4/c1-11-2-3-13(20(21,22)23)8-14(11)18(32)12-4-6-28(7-5-12)16-9-15(33-26-16)19-24-27-29(25-19)10-17(30)31/h2-3,8-9,12H,4-7,10H2,1H3,(H,30,31). The minimum Gasteiger partial charge on any atom is -0.480 e. The Morgan fingerprint density at radius 1 is 1.21 bits per heavy atom. The molecule has 1 saturated heterocycles. The van der Waals surface area contributed by atoms with E-state index in [1.54, 1.807) is 13.0 Å². The number of carbonyl (C=O) groups excluding carboxylic acids is 1. The van der Waals surface area contributed by atoms with E-state index in [-0.39, 0.29) is 22.9 Å². The van der Waals surface area contributed by atoms with Crippen molar-refractivity contribution in [1.29, 1.82) is 0 Å². The largest absolute Gasteiger partial charge is 0.480 e. The normalized spacial score (nSPS) is 15.1. The summed E-state index contributed by atoms with van der Waals surface area (Å²) in [7, 11) is 0. The number of tetrazole rings is 1. The van der Waals surface area contributed by atoms with Crippen LogP contribution in [0.5, 0.6) is 0 Å². The van der Waals surface area contributed by atoms with E-state index in [2.05, 4.69) is 20.6 Å². The van der Waals surface area contributed by atoms with Crippen molar-refractivity contribution >= 4 is 17.6 Å². The highest BCUT2D eigenvalue weighted by Crippen LogP contribution is 2.33. The van der Waals surface area contributed by atoms with Crippen molar-refractivity contribution in [3.05, 3.63) is 41.0 Å². The Hall–Kier alpha value is -3.77. The average molecular weight is 464 g/mol. The predicted molar refractivity (Wildman–Crippen MR) is 106 cm³/mol. The molecule has 1 aliphatic rings. The predicted octanol–water partition coefficient (Wildman–Crippen LogP) is 2.84. The molecule has 0 atom stereocenters. The monoisotopic (exact) mass is 464 g/mol. The van der Waals surface area contributed by atoms with Gasteiger partial charge in [0.25, 0.3) is 0 Å². The van der Waals surface area contributed by atoms with Gasteiger partial charge in [-0.3, -0.25) is 9.59 Å². The number of benzene rings is 1. The Morgan fingerprint density at radius 2 is 1.94 bits per heavy atom. The Bertz CT molecular complexity index is 1180. The number of aliphatic carboxylic acids is 1. The zero-order valence-corrected chi connectivity index (χ0v) is 17.4. The third-order valence-electron chi connectivity index (χ3n) is 5.47. The Balaban J connectivity index is 1.41. The van der Waals surface area contributed by atoms with E-state index >= 15 is 0 Å². The van der Waals surface area contributed by atoms with Crippen molar-refractivity contribution in [3.8, 4) is 11.6 Å². The molecular formula is C20H19F3N6O4. The van der Waals surface area contributed by atoms with Crippen LogP contribution in [0.4, 0.5) is 19.0 Å². The molecule has 0 spiro atoms. The van der Waals surface area contributed by atoms with Crippen LogP contribution in [0.1, 0.15) is 34.3 Å². The molecule has 1 aromatic carbocycles. The minimum atomic E-state index is -4.51. The van der Waals surface area contributed by atoms with Crippen LogP contribution >= 0.6 is 0 Å². The third kappa shape index (κ3) is 4.86. The number of carboxylic acids is 1. The maximum absolute atomic E-state index is 13.1. The molecule has 1 fully saturated rings. The van der Waals surface area contributed by atoms with Gasteiger partial charge in [-0.15, -0.1) is 10.2 Å². The van der Waals surface area contributed by atoms with Crippen LogP contribution in [0.3, 0.4) is 0 Å². The van der Waals surface area contributed by atoms with E-state index in [0.717, 1.165) is 16.9 Å². The summed E-state index contributed by atoms with van der Waals surface area (Å²) >= 11 is 0. The molecule has 0 bridgehead atoms. The van der Waals surface area contributed by atoms with Crippen LogP contribution in [-0.2, 0) is 17.5 Å². The van der Waals surface area contributed by atoms with Crippen LogP contribution in [0.25, 0.3) is 11.6 Å².